The van der Waals surface area contributed by atoms with Crippen molar-refractivity contribution in [3.63, 3.8) is 0 Å². The Bertz CT molecular complexity index is 1360. The van der Waals surface area contributed by atoms with Gasteiger partial charge in [-0.2, -0.15) is 0 Å². The van der Waals surface area contributed by atoms with Crippen molar-refractivity contribution in [1.29, 1.82) is 0 Å². The highest BCUT2D eigenvalue weighted by Gasteiger charge is 2.33. The van der Waals surface area contributed by atoms with Crippen LogP contribution in [0.3, 0.4) is 0 Å². The van der Waals surface area contributed by atoms with Gasteiger partial charge in [0, 0.05) is 28.8 Å². The van der Waals surface area contributed by atoms with E-state index < -0.39 is 11.9 Å². The molecule has 3 aromatic heterocycles. The molecule has 156 valence electrons. The maximum absolute atomic E-state index is 13.2. The fraction of sp³-hybridized carbons (Fsp3) is 0.182. The highest BCUT2D eigenvalue weighted by molar-refractivity contribution is 7.18. The summed E-state index contributed by atoms with van der Waals surface area (Å²) >= 11 is 2.95. The van der Waals surface area contributed by atoms with Crippen LogP contribution in [0, 0.1) is 0 Å². The molecule has 0 unspecified atom stereocenters. The minimum absolute atomic E-state index is 0.201. The van der Waals surface area contributed by atoms with Crippen molar-refractivity contribution in [1.82, 2.24) is 14.5 Å². The number of primary amides is 1. The molecular weight excluding hydrogens is 432 g/mol. The summed E-state index contributed by atoms with van der Waals surface area (Å²) in [6, 6.07) is 10.8. The van der Waals surface area contributed by atoms with Crippen molar-refractivity contribution in [2.45, 2.75) is 25.6 Å². The summed E-state index contributed by atoms with van der Waals surface area (Å²) in [4.78, 5) is 45.9. The SMILES string of the molecule is NC(=O)[C@@H]1Cc2ccccc2CN1C(=O)Cn1cnc2scc(-c3cccs3)c2c1=O. The standard InChI is InChI=1S/C22H18N4O3S2/c23-20(28)16-8-13-4-1-2-5-14(13)9-26(16)18(27)10-25-12-24-21-19(22(25)29)15(11-31-21)17-6-3-7-30-17/h1-7,11-12,16H,8-10H2,(H2,23,28)/t16-/m0/s1. The average molecular weight is 451 g/mol. The molecule has 1 aliphatic rings. The smallest absolute Gasteiger partial charge is 0.263 e. The number of amides is 2. The summed E-state index contributed by atoms with van der Waals surface area (Å²) in [5, 5.41) is 4.38. The van der Waals surface area contributed by atoms with Crippen LogP contribution in [-0.2, 0) is 29.1 Å². The minimum Gasteiger partial charge on any atom is -0.368 e. The van der Waals surface area contributed by atoms with Crippen LogP contribution in [0.25, 0.3) is 20.7 Å². The second-order valence-electron chi connectivity index (χ2n) is 7.40. The zero-order valence-corrected chi connectivity index (χ0v) is 18.0. The second-order valence-corrected chi connectivity index (χ2v) is 9.20. The first-order valence-electron chi connectivity index (χ1n) is 9.69. The zero-order valence-electron chi connectivity index (χ0n) is 16.4. The highest BCUT2D eigenvalue weighted by atomic mass is 32.1. The largest absolute Gasteiger partial charge is 0.368 e. The van der Waals surface area contributed by atoms with Crippen molar-refractivity contribution in [3.8, 4) is 10.4 Å². The van der Waals surface area contributed by atoms with Crippen LogP contribution in [0.5, 0.6) is 0 Å². The lowest BCUT2D eigenvalue weighted by Gasteiger charge is -2.35. The lowest BCUT2D eigenvalue weighted by atomic mass is 9.93. The van der Waals surface area contributed by atoms with Crippen molar-refractivity contribution in [2.75, 3.05) is 0 Å². The van der Waals surface area contributed by atoms with E-state index in [9.17, 15) is 14.4 Å². The number of hydrogen-bond donors (Lipinski definition) is 1. The molecule has 31 heavy (non-hydrogen) atoms. The quantitative estimate of drug-likeness (QED) is 0.517. The number of carbonyl (C=O) groups is 2. The third-order valence-corrected chi connectivity index (χ3v) is 7.34. The third kappa shape index (κ3) is 3.45. The van der Waals surface area contributed by atoms with E-state index in [0.717, 1.165) is 21.6 Å². The van der Waals surface area contributed by atoms with E-state index in [4.69, 9.17) is 5.73 Å². The second kappa shape index (κ2) is 7.75. The fourth-order valence-electron chi connectivity index (χ4n) is 3.97. The third-order valence-electron chi connectivity index (χ3n) is 5.55. The van der Waals surface area contributed by atoms with Crippen LogP contribution in [0.2, 0.25) is 0 Å². The van der Waals surface area contributed by atoms with Crippen LogP contribution >= 0.6 is 22.7 Å². The van der Waals surface area contributed by atoms with Gasteiger partial charge in [-0.05, 0) is 22.6 Å². The van der Waals surface area contributed by atoms with Gasteiger partial charge in [-0.25, -0.2) is 4.98 Å². The number of aromatic nitrogens is 2. The summed E-state index contributed by atoms with van der Waals surface area (Å²) in [5.41, 5.74) is 8.15. The Kier molecular flexibility index (Phi) is 4.91. The molecule has 2 amide bonds. The molecular formula is C22H18N4O3S2. The Morgan fingerprint density at radius 2 is 1.94 bits per heavy atom. The van der Waals surface area contributed by atoms with Crippen LogP contribution in [0.4, 0.5) is 0 Å². The first-order valence-corrected chi connectivity index (χ1v) is 11.4. The van der Waals surface area contributed by atoms with Gasteiger partial charge in [0.2, 0.25) is 11.8 Å². The van der Waals surface area contributed by atoms with E-state index in [1.165, 1.54) is 27.1 Å². The Labute approximate surface area is 185 Å². The molecule has 5 rings (SSSR count). The molecule has 2 N–H and O–H groups in total. The monoisotopic (exact) mass is 450 g/mol. The topological polar surface area (TPSA) is 98.3 Å². The fourth-order valence-corrected chi connectivity index (χ4v) is 5.69. The summed E-state index contributed by atoms with van der Waals surface area (Å²) in [6.07, 6.45) is 1.77. The average Bonchev–Trinajstić information content (AvgIpc) is 3.44. The number of benzene rings is 1. The van der Waals surface area contributed by atoms with Crippen LogP contribution in [0.15, 0.2) is 58.3 Å². The van der Waals surface area contributed by atoms with E-state index in [0.29, 0.717) is 16.6 Å². The van der Waals surface area contributed by atoms with Gasteiger partial charge < -0.3 is 10.6 Å². The Morgan fingerprint density at radius 1 is 1.13 bits per heavy atom. The minimum atomic E-state index is -0.738. The Morgan fingerprint density at radius 3 is 2.68 bits per heavy atom. The summed E-state index contributed by atoms with van der Waals surface area (Å²) in [5.74, 6) is -0.893. The number of thiophene rings is 2. The molecule has 0 saturated heterocycles. The van der Waals surface area contributed by atoms with Crippen molar-refractivity contribution >= 4 is 44.7 Å². The van der Waals surface area contributed by atoms with E-state index >= 15 is 0 Å². The van der Waals surface area contributed by atoms with E-state index in [2.05, 4.69) is 4.98 Å². The van der Waals surface area contributed by atoms with Gasteiger partial charge in [-0.3, -0.25) is 19.0 Å². The lowest BCUT2D eigenvalue weighted by molar-refractivity contribution is -0.141. The molecule has 1 atom stereocenters. The molecule has 4 heterocycles. The van der Waals surface area contributed by atoms with E-state index in [1.54, 1.807) is 11.3 Å². The van der Waals surface area contributed by atoms with Crippen molar-refractivity contribution in [2.24, 2.45) is 5.73 Å². The van der Waals surface area contributed by atoms with Crippen LogP contribution < -0.4 is 11.3 Å². The number of fused-ring (bicyclic) bond motifs is 2. The van der Waals surface area contributed by atoms with Gasteiger partial charge in [0.05, 0.1) is 11.7 Å². The predicted octanol–water partition coefficient (Wildman–Crippen LogP) is 2.63. The Balaban J connectivity index is 1.49. The van der Waals surface area contributed by atoms with Gasteiger partial charge in [0.15, 0.2) is 0 Å². The molecule has 0 radical (unpaired) electrons. The molecule has 0 fully saturated rings. The first-order chi connectivity index (χ1) is 15.0. The van der Waals surface area contributed by atoms with E-state index in [-0.39, 0.29) is 24.6 Å². The number of nitrogens with zero attached hydrogens (tertiary/aromatic N) is 3. The molecule has 4 aromatic rings. The lowest BCUT2D eigenvalue weighted by Crippen LogP contribution is -2.52. The van der Waals surface area contributed by atoms with Gasteiger partial charge in [-0.1, -0.05) is 30.3 Å². The van der Waals surface area contributed by atoms with Gasteiger partial charge in [0.25, 0.3) is 5.56 Å². The molecule has 9 heteroatoms. The Hall–Kier alpha value is -3.30. The summed E-state index contributed by atoms with van der Waals surface area (Å²) in [6.45, 7) is 0.0827. The van der Waals surface area contributed by atoms with Gasteiger partial charge in [0.1, 0.15) is 17.4 Å². The van der Waals surface area contributed by atoms with Crippen LogP contribution in [0.1, 0.15) is 11.1 Å². The highest BCUT2D eigenvalue weighted by Crippen LogP contribution is 2.33. The molecule has 1 aliphatic heterocycles. The number of nitrogens with two attached hydrogens (primary N) is 1. The number of carbonyl (C=O) groups excluding carboxylic acids is 2. The predicted molar refractivity (Wildman–Crippen MR) is 121 cm³/mol. The number of rotatable bonds is 4. The molecule has 0 spiro atoms. The molecule has 1 aromatic carbocycles. The maximum Gasteiger partial charge on any atom is 0.263 e. The van der Waals surface area contributed by atoms with Crippen molar-refractivity contribution in [3.05, 3.63) is 75.0 Å². The normalized spacial score (nSPS) is 15.7. The first kappa shape index (κ1) is 19.7. The summed E-state index contributed by atoms with van der Waals surface area (Å²) in [7, 11) is 0. The number of hydrogen-bond acceptors (Lipinski definition) is 6. The van der Waals surface area contributed by atoms with Crippen LogP contribution in [-0.4, -0.2) is 32.3 Å². The zero-order chi connectivity index (χ0) is 21.5. The molecule has 0 aliphatic carbocycles. The maximum atomic E-state index is 13.2. The van der Waals surface area contributed by atoms with Crippen molar-refractivity contribution < 1.29 is 9.59 Å². The molecule has 0 saturated carbocycles. The van der Waals surface area contributed by atoms with Gasteiger partial charge in [-0.15, -0.1) is 22.7 Å². The summed E-state index contributed by atoms with van der Waals surface area (Å²) < 4.78 is 1.31. The van der Waals surface area contributed by atoms with Gasteiger partial charge >= 0.3 is 0 Å². The van der Waals surface area contributed by atoms with E-state index in [1.807, 2.05) is 47.2 Å². The molecule has 7 nitrogen and oxygen atoms in total. The molecule has 0 bridgehead atoms.